The Morgan fingerprint density at radius 2 is 1.77 bits per heavy atom. The molecular weight excluding hydrogens is 326 g/mol. The van der Waals surface area contributed by atoms with Gasteiger partial charge in [0.25, 0.3) is 5.91 Å². The van der Waals surface area contributed by atoms with Gasteiger partial charge in [-0.25, -0.2) is 8.42 Å². The van der Waals surface area contributed by atoms with E-state index in [1.54, 1.807) is 31.4 Å². The van der Waals surface area contributed by atoms with Crippen molar-refractivity contribution in [2.24, 2.45) is 0 Å². The van der Waals surface area contributed by atoms with Crippen molar-refractivity contribution in [1.29, 1.82) is 0 Å². The van der Waals surface area contributed by atoms with Crippen molar-refractivity contribution < 1.29 is 17.9 Å². The van der Waals surface area contributed by atoms with Crippen molar-refractivity contribution in [3.63, 3.8) is 0 Å². The third kappa shape index (κ3) is 3.78. The summed E-state index contributed by atoms with van der Waals surface area (Å²) in [6.45, 7) is 0. The van der Waals surface area contributed by atoms with E-state index in [0.29, 0.717) is 11.4 Å². The Kier molecular flexibility index (Phi) is 4.73. The molecule has 0 saturated carbocycles. The molecule has 7 heteroatoms. The maximum Gasteiger partial charge on any atom is 0.255 e. The lowest BCUT2D eigenvalue weighted by Gasteiger charge is -2.08. The van der Waals surface area contributed by atoms with Gasteiger partial charge in [0.05, 0.1) is 17.0 Å². The minimum atomic E-state index is -3.50. The zero-order valence-corrected chi connectivity index (χ0v) is 13.5. The van der Waals surface area contributed by atoms with Crippen LogP contribution in [0.3, 0.4) is 0 Å². The van der Waals surface area contributed by atoms with Gasteiger partial charge in [0.15, 0.2) is 9.84 Å². The average Bonchev–Trinajstić information content (AvgIpc) is 2.47. The molecule has 2 aromatic rings. The number of halogens is 1. The summed E-state index contributed by atoms with van der Waals surface area (Å²) < 4.78 is 28.3. The smallest absolute Gasteiger partial charge is 0.255 e. The van der Waals surface area contributed by atoms with E-state index in [2.05, 4.69) is 5.32 Å². The number of hydrogen-bond donors (Lipinski definition) is 1. The van der Waals surface area contributed by atoms with Gasteiger partial charge in [-0.2, -0.15) is 0 Å². The molecule has 5 nitrogen and oxygen atoms in total. The molecule has 0 aliphatic heterocycles. The highest BCUT2D eigenvalue weighted by atomic mass is 35.5. The lowest BCUT2D eigenvalue weighted by molar-refractivity contribution is 0.102. The number of anilines is 1. The second kappa shape index (κ2) is 6.37. The summed E-state index contributed by atoms with van der Waals surface area (Å²) in [5, 5.41) is 2.76. The first-order chi connectivity index (χ1) is 10.3. The van der Waals surface area contributed by atoms with Gasteiger partial charge in [-0.15, -0.1) is 0 Å². The van der Waals surface area contributed by atoms with Gasteiger partial charge in [-0.3, -0.25) is 4.79 Å². The second-order valence-electron chi connectivity index (χ2n) is 4.60. The first-order valence-corrected chi connectivity index (χ1v) is 8.53. The summed E-state index contributed by atoms with van der Waals surface area (Å²) in [6, 6.07) is 10.9. The number of methoxy groups -OCH3 is 1. The number of nitrogens with one attached hydrogen (secondary N) is 1. The molecule has 0 unspecified atom stereocenters. The van der Waals surface area contributed by atoms with E-state index in [9.17, 15) is 13.2 Å². The summed E-state index contributed by atoms with van der Waals surface area (Å²) in [5.74, 6) is 0.246. The Labute approximate surface area is 133 Å². The van der Waals surface area contributed by atoms with Crippen molar-refractivity contribution in [1.82, 2.24) is 0 Å². The molecule has 0 saturated heterocycles. The highest BCUT2D eigenvalue weighted by Gasteiger charge is 2.16. The summed E-state index contributed by atoms with van der Waals surface area (Å²) in [6.07, 6.45) is 1.04. The van der Waals surface area contributed by atoms with Crippen LogP contribution >= 0.6 is 11.6 Å². The Morgan fingerprint density at radius 1 is 1.14 bits per heavy atom. The quantitative estimate of drug-likeness (QED) is 0.929. The average molecular weight is 340 g/mol. The van der Waals surface area contributed by atoms with Crippen LogP contribution in [0, 0.1) is 0 Å². The van der Waals surface area contributed by atoms with Crippen molar-refractivity contribution in [2.75, 3.05) is 18.7 Å². The van der Waals surface area contributed by atoms with Crippen LogP contribution in [0.1, 0.15) is 10.4 Å². The summed E-state index contributed by atoms with van der Waals surface area (Å²) in [4.78, 5) is 12.1. The Bertz CT molecular complexity index is 801. The van der Waals surface area contributed by atoms with Crippen LogP contribution in [0.4, 0.5) is 5.69 Å². The molecule has 1 amide bonds. The zero-order chi connectivity index (χ0) is 16.3. The maximum atomic E-state index is 12.2. The van der Waals surface area contributed by atoms with Crippen molar-refractivity contribution in [3.8, 4) is 5.75 Å². The van der Waals surface area contributed by atoms with Crippen LogP contribution in [0.2, 0.25) is 5.02 Å². The van der Waals surface area contributed by atoms with E-state index < -0.39 is 15.7 Å². The Morgan fingerprint density at radius 3 is 2.32 bits per heavy atom. The molecule has 0 fully saturated rings. The fraction of sp³-hybridized carbons (Fsp3) is 0.133. The molecule has 22 heavy (non-hydrogen) atoms. The van der Waals surface area contributed by atoms with Crippen LogP contribution < -0.4 is 10.1 Å². The van der Waals surface area contributed by atoms with Crippen molar-refractivity contribution in [2.45, 2.75) is 4.90 Å². The zero-order valence-electron chi connectivity index (χ0n) is 12.0. The summed E-state index contributed by atoms with van der Waals surface area (Å²) in [5.41, 5.74) is 0.780. The number of amides is 1. The number of hydrogen-bond acceptors (Lipinski definition) is 4. The molecule has 0 bridgehead atoms. The van der Waals surface area contributed by atoms with Gasteiger partial charge >= 0.3 is 0 Å². The lowest BCUT2D eigenvalue weighted by atomic mass is 10.2. The number of ether oxygens (including phenoxy) is 1. The fourth-order valence-corrected chi connectivity index (χ4v) is 3.11. The van der Waals surface area contributed by atoms with E-state index in [4.69, 9.17) is 16.3 Å². The third-order valence-corrected chi connectivity index (χ3v) is 4.52. The SMILES string of the molecule is COc1ccc(NC(=O)c2ccc(Cl)c(S(C)(=O)=O)c2)cc1. The van der Waals surface area contributed by atoms with Gasteiger partial charge < -0.3 is 10.1 Å². The second-order valence-corrected chi connectivity index (χ2v) is 6.99. The molecule has 2 rings (SSSR count). The number of sulfone groups is 1. The molecule has 0 aliphatic carbocycles. The van der Waals surface area contributed by atoms with Crippen molar-refractivity contribution >= 4 is 33.0 Å². The van der Waals surface area contributed by atoms with Gasteiger partial charge in [0.2, 0.25) is 0 Å². The molecule has 2 aromatic carbocycles. The minimum absolute atomic E-state index is 0.0726. The topological polar surface area (TPSA) is 72.5 Å². The first kappa shape index (κ1) is 16.3. The van der Waals surface area contributed by atoms with E-state index >= 15 is 0 Å². The van der Waals surface area contributed by atoms with E-state index in [1.165, 1.54) is 18.2 Å². The Balaban J connectivity index is 2.26. The van der Waals surface area contributed by atoms with E-state index in [1.807, 2.05) is 0 Å². The largest absolute Gasteiger partial charge is 0.497 e. The molecule has 0 heterocycles. The normalized spacial score (nSPS) is 11.0. The maximum absolute atomic E-state index is 12.2. The predicted molar refractivity (Wildman–Crippen MR) is 85.5 cm³/mol. The van der Waals surface area contributed by atoms with Crippen molar-refractivity contribution in [3.05, 3.63) is 53.1 Å². The fourth-order valence-electron chi connectivity index (χ4n) is 1.81. The first-order valence-electron chi connectivity index (χ1n) is 6.26. The van der Waals surface area contributed by atoms with Crippen LogP contribution in [0.5, 0.6) is 5.75 Å². The Hall–Kier alpha value is -2.05. The van der Waals surface area contributed by atoms with Crippen LogP contribution in [0.15, 0.2) is 47.4 Å². The molecule has 0 spiro atoms. The molecule has 0 radical (unpaired) electrons. The summed E-state index contributed by atoms with van der Waals surface area (Å²) >= 11 is 5.85. The van der Waals surface area contributed by atoms with Gasteiger partial charge in [0.1, 0.15) is 5.75 Å². The monoisotopic (exact) mass is 339 g/mol. The minimum Gasteiger partial charge on any atom is -0.497 e. The molecule has 0 aromatic heterocycles. The number of carbonyl (C=O) groups is 1. The summed E-state index contributed by atoms with van der Waals surface area (Å²) in [7, 11) is -1.95. The van der Waals surface area contributed by atoms with Gasteiger partial charge in [-0.05, 0) is 42.5 Å². The number of carbonyl (C=O) groups excluding carboxylic acids is 1. The predicted octanol–water partition coefficient (Wildman–Crippen LogP) is 3.00. The lowest BCUT2D eigenvalue weighted by Crippen LogP contribution is -2.12. The van der Waals surface area contributed by atoms with Crippen LogP contribution in [-0.4, -0.2) is 27.7 Å². The van der Waals surface area contributed by atoms with Crippen LogP contribution in [-0.2, 0) is 9.84 Å². The molecule has 0 aliphatic rings. The highest BCUT2D eigenvalue weighted by Crippen LogP contribution is 2.23. The molecule has 116 valence electrons. The molecular formula is C15H14ClNO4S. The van der Waals surface area contributed by atoms with Crippen LogP contribution in [0.25, 0.3) is 0 Å². The number of rotatable bonds is 4. The third-order valence-electron chi connectivity index (χ3n) is 2.94. The van der Waals surface area contributed by atoms with Gasteiger partial charge in [-0.1, -0.05) is 11.6 Å². The van der Waals surface area contributed by atoms with Gasteiger partial charge in [0, 0.05) is 17.5 Å². The number of benzene rings is 2. The standard InChI is InChI=1S/C15H14ClNO4S/c1-21-12-6-4-11(5-7-12)17-15(18)10-3-8-13(16)14(9-10)22(2,19)20/h3-9H,1-2H3,(H,17,18). The van der Waals surface area contributed by atoms with E-state index in [0.717, 1.165) is 6.26 Å². The molecule has 0 atom stereocenters. The molecule has 1 N–H and O–H groups in total. The van der Waals surface area contributed by atoms with E-state index in [-0.39, 0.29) is 15.5 Å². The highest BCUT2D eigenvalue weighted by molar-refractivity contribution is 7.90.